The summed E-state index contributed by atoms with van der Waals surface area (Å²) < 4.78 is 33.1. The highest BCUT2D eigenvalue weighted by molar-refractivity contribution is 7.90. The van der Waals surface area contributed by atoms with Gasteiger partial charge in [-0.25, -0.2) is 13.2 Å². The van der Waals surface area contributed by atoms with E-state index >= 15 is 0 Å². The van der Waals surface area contributed by atoms with Crippen LogP contribution in [0.5, 0.6) is 0 Å². The number of nitrogens with one attached hydrogen (secondary N) is 2. The van der Waals surface area contributed by atoms with Crippen molar-refractivity contribution in [3.05, 3.63) is 65.4 Å². The zero-order chi connectivity index (χ0) is 24.4. The molecule has 2 N–H and O–H groups in total. The van der Waals surface area contributed by atoms with Crippen molar-refractivity contribution in [1.29, 1.82) is 0 Å². The Morgan fingerprint density at radius 1 is 1.00 bits per heavy atom. The fraction of sp³-hybridized carbons (Fsp3) is 0.280. The molecule has 0 saturated carbocycles. The first-order valence-electron chi connectivity index (χ1n) is 11.4. The van der Waals surface area contributed by atoms with Crippen LogP contribution < -0.4 is 10.0 Å². The molecule has 0 bridgehead atoms. The van der Waals surface area contributed by atoms with Crippen LogP contribution in [0.2, 0.25) is 0 Å². The number of sulfonamides is 1. The van der Waals surface area contributed by atoms with E-state index < -0.39 is 28.5 Å². The van der Waals surface area contributed by atoms with E-state index in [0.29, 0.717) is 29.8 Å². The van der Waals surface area contributed by atoms with Gasteiger partial charge in [0.05, 0.1) is 16.0 Å². The van der Waals surface area contributed by atoms with Crippen LogP contribution in [0.1, 0.15) is 40.9 Å². The SMILES string of the molecule is O=C(COC(=O)c1c2c(nc3ccccc13)CCC2)Nc1cccc(S(=O)(=O)NC2=NCCC2)c1. The van der Waals surface area contributed by atoms with Crippen LogP contribution in [-0.2, 0) is 32.4 Å². The number of fused-ring (bicyclic) bond motifs is 2. The number of aryl methyl sites for hydroxylation is 1. The minimum absolute atomic E-state index is 0.000660. The highest BCUT2D eigenvalue weighted by Crippen LogP contribution is 2.30. The van der Waals surface area contributed by atoms with Crippen molar-refractivity contribution < 1.29 is 22.7 Å². The van der Waals surface area contributed by atoms with Crippen LogP contribution in [0, 0.1) is 0 Å². The van der Waals surface area contributed by atoms with Crippen molar-refractivity contribution in [2.24, 2.45) is 4.99 Å². The standard InChI is InChI=1S/C25H24N4O5S/c30-23(27-16-6-3-7-17(14-16)35(32,33)29-22-12-5-13-26-22)15-34-25(31)24-18-8-1-2-10-20(18)28-21-11-4-9-19(21)24/h1-3,6-8,10,14H,4-5,9,11-13,15H2,(H,26,29)(H,27,30). The molecule has 1 amide bonds. The molecule has 2 aromatic carbocycles. The van der Waals surface area contributed by atoms with Gasteiger partial charge in [-0.1, -0.05) is 24.3 Å². The number of hydrogen-bond acceptors (Lipinski definition) is 7. The average Bonchev–Trinajstić information content (AvgIpc) is 3.52. The molecule has 180 valence electrons. The Morgan fingerprint density at radius 3 is 2.69 bits per heavy atom. The number of anilines is 1. The third-order valence-corrected chi connectivity index (χ3v) is 7.39. The fourth-order valence-corrected chi connectivity index (χ4v) is 5.56. The zero-order valence-corrected chi connectivity index (χ0v) is 19.7. The first kappa shape index (κ1) is 23.0. The summed E-state index contributed by atoms with van der Waals surface area (Å²) in [6, 6.07) is 13.3. The first-order chi connectivity index (χ1) is 16.9. The first-order valence-corrected chi connectivity index (χ1v) is 12.9. The molecule has 0 unspecified atom stereocenters. The number of benzene rings is 2. The van der Waals surface area contributed by atoms with Crippen LogP contribution in [0.15, 0.2) is 58.4 Å². The molecule has 2 aliphatic rings. The number of esters is 1. The van der Waals surface area contributed by atoms with E-state index in [1.165, 1.54) is 18.2 Å². The average molecular weight is 493 g/mol. The van der Waals surface area contributed by atoms with Gasteiger partial charge in [-0.15, -0.1) is 0 Å². The second kappa shape index (κ2) is 9.46. The maximum Gasteiger partial charge on any atom is 0.339 e. The van der Waals surface area contributed by atoms with E-state index in [1.54, 1.807) is 6.07 Å². The Bertz CT molecular complexity index is 1470. The minimum Gasteiger partial charge on any atom is -0.452 e. The summed E-state index contributed by atoms with van der Waals surface area (Å²) >= 11 is 0. The summed E-state index contributed by atoms with van der Waals surface area (Å²) in [6.45, 7) is 0.0983. The van der Waals surface area contributed by atoms with E-state index in [4.69, 9.17) is 4.74 Å². The van der Waals surface area contributed by atoms with Gasteiger partial charge in [0.15, 0.2) is 6.61 Å². The maximum atomic E-state index is 13.0. The van der Waals surface area contributed by atoms with Gasteiger partial charge in [0.2, 0.25) is 0 Å². The Morgan fingerprint density at radius 2 is 1.86 bits per heavy atom. The molecule has 5 rings (SSSR count). The molecule has 2 heterocycles. The summed E-state index contributed by atoms with van der Waals surface area (Å²) in [5.41, 5.74) is 3.24. The second-order valence-electron chi connectivity index (χ2n) is 8.47. The largest absolute Gasteiger partial charge is 0.452 e. The van der Waals surface area contributed by atoms with Crippen LogP contribution >= 0.6 is 0 Å². The number of aromatic nitrogens is 1. The number of ether oxygens (including phenoxy) is 1. The predicted octanol–water partition coefficient (Wildman–Crippen LogP) is 2.99. The molecule has 9 nitrogen and oxygen atoms in total. The van der Waals surface area contributed by atoms with Crippen molar-refractivity contribution in [3.63, 3.8) is 0 Å². The number of pyridine rings is 1. The summed E-state index contributed by atoms with van der Waals surface area (Å²) in [6.07, 6.45) is 3.86. The fourth-order valence-electron chi connectivity index (χ4n) is 4.42. The normalized spacial score (nSPS) is 14.9. The topological polar surface area (TPSA) is 127 Å². The molecule has 3 aromatic rings. The molecule has 1 aliphatic carbocycles. The lowest BCUT2D eigenvalue weighted by Gasteiger charge is -2.13. The summed E-state index contributed by atoms with van der Waals surface area (Å²) in [7, 11) is -3.81. The number of aliphatic imine (C=N–C) groups is 1. The number of rotatable bonds is 6. The summed E-state index contributed by atoms with van der Waals surface area (Å²) in [5.74, 6) is -0.715. The molecule has 0 atom stereocenters. The van der Waals surface area contributed by atoms with Crippen molar-refractivity contribution >= 4 is 44.3 Å². The Labute approximate surface area is 202 Å². The van der Waals surface area contributed by atoms with Gasteiger partial charge in [0.1, 0.15) is 5.84 Å². The molecule has 35 heavy (non-hydrogen) atoms. The Kier molecular flexibility index (Phi) is 6.21. The monoisotopic (exact) mass is 492 g/mol. The van der Waals surface area contributed by atoms with Crippen molar-refractivity contribution in [1.82, 2.24) is 9.71 Å². The van der Waals surface area contributed by atoms with Gasteiger partial charge < -0.3 is 10.1 Å². The van der Waals surface area contributed by atoms with Gasteiger partial charge in [0.25, 0.3) is 15.9 Å². The second-order valence-corrected chi connectivity index (χ2v) is 10.2. The number of amides is 1. The van der Waals surface area contributed by atoms with Crippen LogP contribution in [0.25, 0.3) is 10.9 Å². The predicted molar refractivity (Wildman–Crippen MR) is 131 cm³/mol. The quantitative estimate of drug-likeness (QED) is 0.510. The summed E-state index contributed by atoms with van der Waals surface area (Å²) in [4.78, 5) is 34.3. The highest BCUT2D eigenvalue weighted by Gasteiger charge is 2.25. The molecule has 0 saturated heterocycles. The number of carbonyl (C=O) groups excluding carboxylic acids is 2. The lowest BCUT2D eigenvalue weighted by atomic mass is 10.0. The Balaban J connectivity index is 1.27. The van der Waals surface area contributed by atoms with E-state index in [0.717, 1.165) is 42.5 Å². The zero-order valence-electron chi connectivity index (χ0n) is 18.9. The lowest BCUT2D eigenvalue weighted by Crippen LogP contribution is -2.29. The third-order valence-electron chi connectivity index (χ3n) is 6.01. The molecule has 0 spiro atoms. The number of hydrogen-bond donors (Lipinski definition) is 2. The van der Waals surface area contributed by atoms with Gasteiger partial charge >= 0.3 is 5.97 Å². The highest BCUT2D eigenvalue weighted by atomic mass is 32.2. The molecule has 1 aromatic heterocycles. The molecule has 0 radical (unpaired) electrons. The van der Waals surface area contributed by atoms with Crippen LogP contribution in [0.3, 0.4) is 0 Å². The summed E-state index contributed by atoms with van der Waals surface area (Å²) in [5, 5.41) is 3.30. The smallest absolute Gasteiger partial charge is 0.339 e. The van der Waals surface area contributed by atoms with Gasteiger partial charge in [-0.2, -0.15) is 0 Å². The molecule has 10 heteroatoms. The van der Waals surface area contributed by atoms with Crippen molar-refractivity contribution in [2.75, 3.05) is 18.5 Å². The number of amidine groups is 1. The number of carbonyl (C=O) groups is 2. The van der Waals surface area contributed by atoms with Gasteiger partial charge in [0, 0.05) is 29.7 Å². The van der Waals surface area contributed by atoms with Crippen LogP contribution in [0.4, 0.5) is 5.69 Å². The van der Waals surface area contributed by atoms with E-state index in [2.05, 4.69) is 20.0 Å². The molecule has 0 fully saturated rings. The third kappa shape index (κ3) is 4.88. The van der Waals surface area contributed by atoms with Gasteiger partial charge in [-0.3, -0.25) is 19.5 Å². The van der Waals surface area contributed by atoms with Gasteiger partial charge in [-0.05, 0) is 55.5 Å². The number of para-hydroxylation sites is 1. The van der Waals surface area contributed by atoms with Crippen molar-refractivity contribution in [2.45, 2.75) is 37.0 Å². The van der Waals surface area contributed by atoms with E-state index in [9.17, 15) is 18.0 Å². The minimum atomic E-state index is -3.81. The Hall–Kier alpha value is -3.79. The van der Waals surface area contributed by atoms with E-state index in [-0.39, 0.29) is 10.6 Å². The lowest BCUT2D eigenvalue weighted by molar-refractivity contribution is -0.119. The molecular formula is C25H24N4O5S. The molecular weight excluding hydrogens is 468 g/mol. The maximum absolute atomic E-state index is 13.0. The number of nitrogens with zero attached hydrogens (tertiary/aromatic N) is 2. The van der Waals surface area contributed by atoms with Crippen molar-refractivity contribution in [3.8, 4) is 0 Å². The van der Waals surface area contributed by atoms with Crippen LogP contribution in [-0.4, -0.2) is 44.3 Å². The van der Waals surface area contributed by atoms with E-state index in [1.807, 2.05) is 24.3 Å². The molecule has 1 aliphatic heterocycles.